The Labute approximate surface area is 148 Å². The molecule has 25 heavy (non-hydrogen) atoms. The fraction of sp³-hybridized carbons (Fsp3) is 0.273. The van der Waals surface area contributed by atoms with Crippen LogP contribution in [0.5, 0.6) is 0 Å². The van der Waals surface area contributed by atoms with Gasteiger partial charge < -0.3 is 4.40 Å². The minimum absolute atomic E-state index is 0.968. The Hall–Kier alpha value is -2.68. The maximum atomic E-state index is 4.97. The number of nitrogens with zero attached hydrogens (tertiary/aromatic N) is 3. The van der Waals surface area contributed by atoms with E-state index in [2.05, 4.69) is 66.2 Å². The van der Waals surface area contributed by atoms with Crippen LogP contribution in [0.1, 0.15) is 44.0 Å². The van der Waals surface area contributed by atoms with Gasteiger partial charge in [-0.3, -0.25) is 0 Å². The summed E-state index contributed by atoms with van der Waals surface area (Å²) in [7, 11) is 0. The molecule has 1 aromatic carbocycles. The van der Waals surface area contributed by atoms with Gasteiger partial charge in [-0.2, -0.15) is 0 Å². The molecule has 126 valence electrons. The normalized spacial score (nSPS) is 14.0. The molecule has 1 aliphatic carbocycles. The average molecular weight is 329 g/mol. The number of rotatable bonds is 5. The number of benzene rings is 1. The fourth-order valence-corrected chi connectivity index (χ4v) is 3.26. The van der Waals surface area contributed by atoms with E-state index in [1.165, 1.54) is 5.57 Å². The lowest BCUT2D eigenvalue weighted by molar-refractivity contribution is 0.773. The summed E-state index contributed by atoms with van der Waals surface area (Å²) < 4.78 is 2.15. The first-order chi connectivity index (χ1) is 12.3. The second kappa shape index (κ2) is 7.06. The Kier molecular flexibility index (Phi) is 4.47. The molecule has 0 atom stereocenters. The Balaban J connectivity index is 1.83. The lowest BCUT2D eigenvalue weighted by Crippen LogP contribution is -2.02. The number of hydrogen-bond donors (Lipinski definition) is 0. The summed E-state index contributed by atoms with van der Waals surface area (Å²) in [4.78, 5) is 9.85. The summed E-state index contributed by atoms with van der Waals surface area (Å²) in [6.45, 7) is 2.22. The van der Waals surface area contributed by atoms with Gasteiger partial charge in [0.05, 0.1) is 17.1 Å². The molecule has 0 N–H and O–H groups in total. The van der Waals surface area contributed by atoms with Crippen LogP contribution in [0.15, 0.2) is 61.0 Å². The molecule has 0 radical (unpaired) electrons. The van der Waals surface area contributed by atoms with Crippen LogP contribution < -0.4 is 0 Å². The predicted molar refractivity (Wildman–Crippen MR) is 103 cm³/mol. The van der Waals surface area contributed by atoms with Gasteiger partial charge >= 0.3 is 0 Å². The van der Waals surface area contributed by atoms with Crippen LogP contribution in [0.2, 0.25) is 0 Å². The van der Waals surface area contributed by atoms with E-state index in [0.717, 1.165) is 60.4 Å². The van der Waals surface area contributed by atoms with Crippen molar-refractivity contribution in [2.45, 2.75) is 39.0 Å². The maximum absolute atomic E-state index is 4.97. The summed E-state index contributed by atoms with van der Waals surface area (Å²) in [5.41, 5.74) is 6.50. The number of aryl methyl sites for hydroxylation is 1. The molecule has 0 saturated heterocycles. The van der Waals surface area contributed by atoms with E-state index < -0.39 is 0 Å². The third kappa shape index (κ3) is 3.27. The molecule has 3 heteroatoms. The maximum Gasteiger partial charge on any atom is 0.159 e. The summed E-state index contributed by atoms with van der Waals surface area (Å²) in [6, 6.07) is 10.4. The van der Waals surface area contributed by atoms with Crippen molar-refractivity contribution in [3.8, 4) is 11.3 Å². The van der Waals surface area contributed by atoms with E-state index in [1.54, 1.807) is 0 Å². The molecule has 0 fully saturated rings. The Morgan fingerprint density at radius 2 is 1.84 bits per heavy atom. The molecule has 0 amide bonds. The zero-order chi connectivity index (χ0) is 17.1. The van der Waals surface area contributed by atoms with Crippen molar-refractivity contribution in [3.63, 3.8) is 0 Å². The van der Waals surface area contributed by atoms with E-state index in [-0.39, 0.29) is 0 Å². The van der Waals surface area contributed by atoms with Gasteiger partial charge in [-0.1, -0.05) is 61.9 Å². The molecule has 0 unspecified atom stereocenters. The number of allylic oxidation sites excluding steroid dienone is 4. The molecule has 0 spiro atoms. The molecular weight excluding hydrogens is 306 g/mol. The van der Waals surface area contributed by atoms with Crippen molar-refractivity contribution in [1.29, 1.82) is 0 Å². The van der Waals surface area contributed by atoms with Gasteiger partial charge in [-0.15, -0.1) is 0 Å². The Morgan fingerprint density at radius 3 is 2.60 bits per heavy atom. The van der Waals surface area contributed by atoms with E-state index in [1.807, 2.05) is 6.07 Å². The van der Waals surface area contributed by atoms with Crippen LogP contribution in [0.4, 0.5) is 0 Å². The molecule has 0 aliphatic heterocycles. The van der Waals surface area contributed by atoms with Gasteiger partial charge in [0.1, 0.15) is 0 Å². The third-order valence-corrected chi connectivity index (χ3v) is 4.63. The van der Waals surface area contributed by atoms with Crippen LogP contribution in [0.25, 0.3) is 22.5 Å². The first-order valence-corrected chi connectivity index (χ1v) is 9.16. The number of hydrogen-bond acceptors (Lipinski definition) is 2. The molecule has 3 nitrogen and oxygen atoms in total. The van der Waals surface area contributed by atoms with Crippen molar-refractivity contribution >= 4 is 11.2 Å². The quantitative estimate of drug-likeness (QED) is 0.621. The van der Waals surface area contributed by atoms with Gasteiger partial charge in [-0.05, 0) is 31.3 Å². The Morgan fingerprint density at radius 1 is 1.00 bits per heavy atom. The molecule has 4 rings (SSSR count). The van der Waals surface area contributed by atoms with Crippen molar-refractivity contribution < 1.29 is 0 Å². The Bertz CT molecular complexity index is 933. The first kappa shape index (κ1) is 15.8. The third-order valence-electron chi connectivity index (χ3n) is 4.63. The smallest absolute Gasteiger partial charge is 0.159 e. The highest BCUT2D eigenvalue weighted by Gasteiger charge is 2.13. The van der Waals surface area contributed by atoms with Crippen molar-refractivity contribution in [1.82, 2.24) is 14.4 Å². The van der Waals surface area contributed by atoms with E-state index >= 15 is 0 Å². The number of fused-ring (bicyclic) bond motifs is 1. The zero-order valence-electron chi connectivity index (χ0n) is 14.7. The topological polar surface area (TPSA) is 30.2 Å². The first-order valence-electron chi connectivity index (χ1n) is 9.16. The van der Waals surface area contributed by atoms with Crippen molar-refractivity contribution in [2.75, 3.05) is 0 Å². The number of unbranched alkanes of at least 4 members (excludes halogenated alkanes) is 1. The molecule has 2 aromatic heterocycles. The van der Waals surface area contributed by atoms with Crippen LogP contribution in [-0.4, -0.2) is 14.4 Å². The largest absolute Gasteiger partial charge is 0.303 e. The highest BCUT2D eigenvalue weighted by atomic mass is 15.0. The molecule has 0 saturated carbocycles. The SMILES string of the molecule is CCCCc1nc(C2=CCCC=C2)cn2cc(-c3ccccc3)nc12. The zero-order valence-corrected chi connectivity index (χ0v) is 14.7. The fourth-order valence-electron chi connectivity index (χ4n) is 3.26. The number of aromatic nitrogens is 3. The van der Waals surface area contributed by atoms with Crippen LogP contribution >= 0.6 is 0 Å². The second-order valence-electron chi connectivity index (χ2n) is 6.54. The van der Waals surface area contributed by atoms with Gasteiger partial charge in [0.15, 0.2) is 5.65 Å². The minimum Gasteiger partial charge on any atom is -0.303 e. The molecular formula is C22H23N3. The van der Waals surface area contributed by atoms with Crippen LogP contribution in [-0.2, 0) is 6.42 Å². The highest BCUT2D eigenvalue weighted by molar-refractivity contribution is 5.73. The van der Waals surface area contributed by atoms with Crippen molar-refractivity contribution in [3.05, 3.63) is 72.3 Å². The summed E-state index contributed by atoms with van der Waals surface area (Å²) >= 11 is 0. The average Bonchev–Trinajstić information content (AvgIpc) is 3.12. The van der Waals surface area contributed by atoms with Crippen LogP contribution in [0.3, 0.4) is 0 Å². The lowest BCUT2D eigenvalue weighted by Gasteiger charge is -2.10. The molecule has 1 aliphatic rings. The van der Waals surface area contributed by atoms with E-state index in [0.29, 0.717) is 0 Å². The molecule has 2 heterocycles. The van der Waals surface area contributed by atoms with Gasteiger partial charge in [0.25, 0.3) is 0 Å². The van der Waals surface area contributed by atoms with E-state index in [4.69, 9.17) is 9.97 Å². The monoisotopic (exact) mass is 329 g/mol. The molecule has 3 aromatic rings. The number of imidazole rings is 1. The summed E-state index contributed by atoms with van der Waals surface area (Å²) in [6.07, 6.45) is 16.4. The van der Waals surface area contributed by atoms with E-state index in [9.17, 15) is 0 Å². The van der Waals surface area contributed by atoms with Gasteiger partial charge in [-0.25, -0.2) is 9.97 Å². The predicted octanol–water partition coefficient (Wildman–Crippen LogP) is 5.47. The van der Waals surface area contributed by atoms with Gasteiger partial charge in [0, 0.05) is 18.0 Å². The van der Waals surface area contributed by atoms with Gasteiger partial charge in [0.2, 0.25) is 0 Å². The summed E-state index contributed by atoms with van der Waals surface area (Å²) in [5.74, 6) is 0. The lowest BCUT2D eigenvalue weighted by atomic mass is 10.0. The standard InChI is InChI=1S/C22H23N3/c1-2-3-14-19-22-24-21(18-12-8-5-9-13-18)16-25(22)15-20(23-19)17-10-6-4-7-11-17/h5-6,8-13,15-16H,2-4,7,14H2,1H3. The molecule has 0 bridgehead atoms. The highest BCUT2D eigenvalue weighted by Crippen LogP contribution is 2.25. The van der Waals surface area contributed by atoms with Crippen molar-refractivity contribution in [2.24, 2.45) is 0 Å². The minimum atomic E-state index is 0.968. The van der Waals surface area contributed by atoms with Crippen LogP contribution in [0, 0.1) is 0 Å². The summed E-state index contributed by atoms with van der Waals surface area (Å²) in [5, 5.41) is 0. The second-order valence-corrected chi connectivity index (χ2v) is 6.54.